The van der Waals surface area contributed by atoms with E-state index in [4.69, 9.17) is 0 Å². The first kappa shape index (κ1) is 18.8. The van der Waals surface area contributed by atoms with Crippen LogP contribution >= 0.6 is 10.2 Å². The molecule has 0 N–H and O–H groups in total. The molecule has 0 aromatic carbocycles. The summed E-state index contributed by atoms with van der Waals surface area (Å²) in [4.78, 5) is 0. The Morgan fingerprint density at radius 3 is 1.95 bits per heavy atom. The van der Waals surface area contributed by atoms with Crippen LogP contribution in [0.5, 0.6) is 0 Å². The summed E-state index contributed by atoms with van der Waals surface area (Å²) in [6.45, 7) is -0.0289. The van der Waals surface area contributed by atoms with Crippen LogP contribution in [-0.2, 0) is 6.54 Å². The molecule has 0 radical (unpaired) electrons. The molecule has 0 unspecified atom stereocenters. The molecule has 0 bridgehead atoms. The maximum absolute atomic E-state index is 13.0. The highest BCUT2D eigenvalue weighted by atomic mass is 32.5. The van der Waals surface area contributed by atoms with Gasteiger partial charge in [0.1, 0.15) is 0 Å². The number of unbranched alkanes of at least 4 members (excludes halogenated alkanes) is 1. The van der Waals surface area contributed by atoms with Crippen molar-refractivity contribution in [2.45, 2.75) is 37.0 Å². The van der Waals surface area contributed by atoms with Crippen LogP contribution in [0, 0.1) is 0 Å². The summed E-state index contributed by atoms with van der Waals surface area (Å²) in [5.41, 5.74) is 0. The lowest BCUT2D eigenvalue weighted by Crippen LogP contribution is -2.49. The van der Waals surface area contributed by atoms with E-state index in [1.54, 1.807) is 6.07 Å². The Balaban J connectivity index is 2.68. The molecule has 0 saturated carbocycles. The van der Waals surface area contributed by atoms with Crippen molar-refractivity contribution in [3.63, 3.8) is 0 Å². The number of halogens is 9. The molecular formula is C10H12F9N2S+. The van der Waals surface area contributed by atoms with E-state index < -0.39 is 34.2 Å². The Morgan fingerprint density at radius 1 is 0.909 bits per heavy atom. The molecule has 0 fully saturated rings. The summed E-state index contributed by atoms with van der Waals surface area (Å²) in [5, 5.41) is -3.65. The highest BCUT2D eigenvalue weighted by Gasteiger charge is 2.90. The van der Waals surface area contributed by atoms with Crippen molar-refractivity contribution in [3.05, 3.63) is 24.5 Å². The van der Waals surface area contributed by atoms with Crippen LogP contribution < -0.4 is 4.68 Å². The highest BCUT2D eigenvalue weighted by molar-refractivity contribution is 8.46. The molecule has 0 aliphatic rings. The van der Waals surface area contributed by atoms with Gasteiger partial charge >= 0.3 is 21.4 Å². The second-order valence-electron chi connectivity index (χ2n) is 4.61. The molecule has 130 valence electrons. The number of nitrogens with zero attached hydrogens (tertiary/aromatic N) is 2. The van der Waals surface area contributed by atoms with Gasteiger partial charge in [-0.2, -0.15) is 17.6 Å². The third kappa shape index (κ3) is 3.96. The number of alkyl halides is 4. The largest absolute Gasteiger partial charge is 0.443 e. The standard InChI is InChI=1S/C10H12F9N2S/c11-9(12,10(13,14)22(15,16,17,18)19)5-1-3-7-21-8-4-2-6-20-21/h2,4,6,8H,1,3,5,7H2/q+1. The molecule has 2 nitrogen and oxygen atoms in total. The van der Waals surface area contributed by atoms with Crippen LogP contribution in [0.1, 0.15) is 19.3 Å². The van der Waals surface area contributed by atoms with Crippen molar-refractivity contribution >= 4 is 10.2 Å². The monoisotopic (exact) mass is 363 g/mol. The van der Waals surface area contributed by atoms with Gasteiger partial charge in [-0.3, -0.25) is 0 Å². The van der Waals surface area contributed by atoms with E-state index >= 15 is 0 Å². The van der Waals surface area contributed by atoms with E-state index in [0.29, 0.717) is 0 Å². The predicted octanol–water partition coefficient (Wildman–Crippen LogP) is 5.07. The summed E-state index contributed by atoms with van der Waals surface area (Å²) in [5.74, 6) is -5.88. The summed E-state index contributed by atoms with van der Waals surface area (Å²) >= 11 is 0. The lowest BCUT2D eigenvalue weighted by Gasteiger charge is -2.48. The Bertz CT molecular complexity index is 514. The topological polar surface area (TPSA) is 16.8 Å². The van der Waals surface area contributed by atoms with E-state index in [1.807, 2.05) is 0 Å². The normalized spacial score (nSPS) is 17.0. The first-order valence-corrected chi connectivity index (χ1v) is 7.82. The molecule has 12 heteroatoms. The third-order valence-corrected chi connectivity index (χ3v) is 3.98. The van der Waals surface area contributed by atoms with E-state index in [2.05, 4.69) is 5.10 Å². The zero-order chi connectivity index (χ0) is 17.3. The van der Waals surface area contributed by atoms with Crippen molar-refractivity contribution in [1.29, 1.82) is 0 Å². The molecule has 0 atom stereocenters. The van der Waals surface area contributed by atoms with Crippen LogP contribution in [0.15, 0.2) is 24.5 Å². The van der Waals surface area contributed by atoms with Crippen LogP contribution in [0.4, 0.5) is 37.0 Å². The second-order valence-corrected chi connectivity index (χ2v) is 7.06. The van der Waals surface area contributed by atoms with Crippen molar-refractivity contribution in [2.24, 2.45) is 0 Å². The Hall–Kier alpha value is -1.20. The van der Waals surface area contributed by atoms with Crippen molar-refractivity contribution in [2.75, 3.05) is 0 Å². The van der Waals surface area contributed by atoms with Gasteiger partial charge in [0.2, 0.25) is 0 Å². The fourth-order valence-electron chi connectivity index (χ4n) is 1.54. The molecule has 1 heterocycles. The Kier molecular flexibility index (Phi) is 4.20. The van der Waals surface area contributed by atoms with Gasteiger partial charge in [-0.1, -0.05) is 24.1 Å². The summed E-state index contributed by atoms with van der Waals surface area (Å²) in [6.07, 6.45) is -0.287. The maximum atomic E-state index is 13.0. The highest BCUT2D eigenvalue weighted by Crippen LogP contribution is 3.05. The zero-order valence-corrected chi connectivity index (χ0v) is 11.7. The molecule has 1 rings (SSSR count). The minimum absolute atomic E-state index is 0.0289. The average Bonchev–Trinajstić information content (AvgIpc) is 2.32. The minimum atomic E-state index is -11.7. The van der Waals surface area contributed by atoms with Gasteiger partial charge in [-0.25, -0.2) is 0 Å². The molecule has 0 amide bonds. The van der Waals surface area contributed by atoms with Gasteiger partial charge in [-0.15, -0.1) is 0 Å². The van der Waals surface area contributed by atoms with Gasteiger partial charge in [0, 0.05) is 18.9 Å². The first-order chi connectivity index (χ1) is 9.57. The molecule has 0 aliphatic heterocycles. The zero-order valence-electron chi connectivity index (χ0n) is 10.8. The van der Waals surface area contributed by atoms with E-state index in [-0.39, 0.29) is 13.0 Å². The quantitative estimate of drug-likeness (QED) is 0.376. The van der Waals surface area contributed by atoms with Gasteiger partial charge in [0.25, 0.3) is 0 Å². The molecule has 1 aromatic rings. The molecule has 0 saturated heterocycles. The van der Waals surface area contributed by atoms with Gasteiger partial charge in [0.05, 0.1) is 6.20 Å². The average molecular weight is 363 g/mol. The summed E-state index contributed by atoms with van der Waals surface area (Å²) < 4.78 is 113. The first-order valence-electron chi connectivity index (χ1n) is 5.87. The number of hydrogen-bond acceptors (Lipinski definition) is 1. The third-order valence-electron chi connectivity index (χ3n) is 2.71. The van der Waals surface area contributed by atoms with Crippen molar-refractivity contribution in [3.8, 4) is 0 Å². The SMILES string of the molecule is FC(F)(CCCC[n+]1ccccn1)C(F)(F)S(F)(F)(F)(F)F. The molecule has 22 heavy (non-hydrogen) atoms. The smallest absolute Gasteiger partial charge is 0.198 e. The number of hydrogen-bond donors (Lipinski definition) is 0. The van der Waals surface area contributed by atoms with Crippen LogP contribution in [-0.4, -0.2) is 16.3 Å². The molecule has 1 aromatic heterocycles. The summed E-state index contributed by atoms with van der Waals surface area (Å²) in [7, 11) is -11.7. The molecule has 0 spiro atoms. The lowest BCUT2D eigenvalue weighted by molar-refractivity contribution is -0.754. The van der Waals surface area contributed by atoms with Gasteiger partial charge < -0.3 is 0 Å². The lowest BCUT2D eigenvalue weighted by atomic mass is 10.1. The van der Waals surface area contributed by atoms with Gasteiger partial charge in [-0.05, 0) is 17.6 Å². The van der Waals surface area contributed by atoms with Crippen molar-refractivity contribution in [1.82, 2.24) is 5.10 Å². The number of rotatable bonds is 7. The molecule has 0 aliphatic carbocycles. The van der Waals surface area contributed by atoms with E-state index in [1.165, 1.54) is 23.1 Å². The maximum Gasteiger partial charge on any atom is 0.443 e. The Morgan fingerprint density at radius 2 is 1.50 bits per heavy atom. The molecular weight excluding hydrogens is 351 g/mol. The van der Waals surface area contributed by atoms with E-state index in [0.717, 1.165) is 0 Å². The van der Waals surface area contributed by atoms with Crippen molar-refractivity contribution < 1.29 is 41.7 Å². The fraction of sp³-hybridized carbons (Fsp3) is 0.600. The van der Waals surface area contributed by atoms with Crippen LogP contribution in [0.2, 0.25) is 0 Å². The summed E-state index contributed by atoms with van der Waals surface area (Å²) in [6, 6.07) is 3.07. The van der Waals surface area contributed by atoms with Crippen LogP contribution in [0.3, 0.4) is 0 Å². The second kappa shape index (κ2) is 4.90. The number of aromatic nitrogens is 2. The fourth-order valence-corrected chi connectivity index (χ4v) is 2.21. The number of aryl methyl sites for hydroxylation is 1. The van der Waals surface area contributed by atoms with Crippen LogP contribution in [0.25, 0.3) is 0 Å². The van der Waals surface area contributed by atoms with Gasteiger partial charge in [0.15, 0.2) is 12.7 Å². The van der Waals surface area contributed by atoms with E-state index in [9.17, 15) is 37.0 Å². The minimum Gasteiger partial charge on any atom is -0.198 e. The Labute approximate surface area is 119 Å². The predicted molar refractivity (Wildman–Crippen MR) is 61.3 cm³/mol.